The van der Waals surface area contributed by atoms with Crippen LogP contribution in [0.2, 0.25) is 15.1 Å². The molecule has 0 atom stereocenters. The van der Waals surface area contributed by atoms with Gasteiger partial charge in [-0.2, -0.15) is 0 Å². The normalized spacial score (nSPS) is 10.6. The van der Waals surface area contributed by atoms with Crippen LogP contribution in [0.3, 0.4) is 0 Å². The van der Waals surface area contributed by atoms with Crippen molar-refractivity contribution in [2.24, 2.45) is 0 Å². The van der Waals surface area contributed by atoms with Crippen LogP contribution in [0.25, 0.3) is 11.3 Å². The zero-order valence-electron chi connectivity index (χ0n) is 12.2. The van der Waals surface area contributed by atoms with Crippen molar-refractivity contribution in [1.29, 1.82) is 0 Å². The Morgan fingerprint density at radius 1 is 0.958 bits per heavy atom. The van der Waals surface area contributed by atoms with Crippen LogP contribution in [-0.2, 0) is 6.54 Å². The van der Waals surface area contributed by atoms with Gasteiger partial charge < -0.3 is 9.84 Å². The highest BCUT2D eigenvalue weighted by molar-refractivity contribution is 6.35. The minimum Gasteiger partial charge on any atom is -0.356 e. The number of aromatic nitrogens is 1. The van der Waals surface area contributed by atoms with Gasteiger partial charge in [0.05, 0.1) is 6.54 Å². The van der Waals surface area contributed by atoms with E-state index in [-0.39, 0.29) is 12.5 Å². The molecule has 3 aromatic rings. The van der Waals surface area contributed by atoms with Crippen molar-refractivity contribution < 1.29 is 9.32 Å². The molecule has 7 heteroatoms. The molecule has 1 heterocycles. The minimum atomic E-state index is -0.296. The maximum absolute atomic E-state index is 12.1. The first kappa shape index (κ1) is 16.8. The Hall–Kier alpha value is -2.01. The van der Waals surface area contributed by atoms with E-state index in [9.17, 15) is 4.79 Å². The summed E-state index contributed by atoms with van der Waals surface area (Å²) in [6, 6.07) is 13.6. The van der Waals surface area contributed by atoms with Crippen molar-refractivity contribution in [2.75, 3.05) is 0 Å². The van der Waals surface area contributed by atoms with E-state index in [2.05, 4.69) is 10.5 Å². The number of nitrogens with one attached hydrogen (secondary N) is 1. The van der Waals surface area contributed by atoms with Gasteiger partial charge in [-0.25, -0.2) is 0 Å². The number of rotatable bonds is 4. The van der Waals surface area contributed by atoms with Crippen LogP contribution < -0.4 is 5.32 Å². The van der Waals surface area contributed by atoms with E-state index < -0.39 is 0 Å². The second-order valence-electron chi connectivity index (χ2n) is 5.03. The number of carbonyl (C=O) groups is 1. The smallest absolute Gasteiger partial charge is 0.251 e. The quantitative estimate of drug-likeness (QED) is 0.673. The fourth-order valence-electron chi connectivity index (χ4n) is 2.10. The zero-order valence-corrected chi connectivity index (χ0v) is 14.5. The molecule has 4 nitrogen and oxygen atoms in total. The largest absolute Gasteiger partial charge is 0.356 e. The Labute approximate surface area is 153 Å². The number of hydrogen-bond acceptors (Lipinski definition) is 3. The van der Waals surface area contributed by atoms with Gasteiger partial charge in [0.25, 0.3) is 5.91 Å². The molecule has 0 unspecified atom stereocenters. The molecular weight excluding hydrogens is 371 g/mol. The average Bonchev–Trinajstić information content (AvgIpc) is 3.01. The van der Waals surface area contributed by atoms with Crippen molar-refractivity contribution in [1.82, 2.24) is 10.5 Å². The number of amides is 1. The fraction of sp³-hybridized carbons (Fsp3) is 0.0588. The third-order valence-electron chi connectivity index (χ3n) is 3.24. The highest BCUT2D eigenvalue weighted by Gasteiger charge is 2.11. The minimum absolute atomic E-state index is 0.222. The third kappa shape index (κ3) is 4.09. The lowest BCUT2D eigenvalue weighted by Gasteiger charge is -2.04. The van der Waals surface area contributed by atoms with Gasteiger partial charge in [0.2, 0.25) is 0 Å². The maximum atomic E-state index is 12.1. The van der Waals surface area contributed by atoms with Gasteiger partial charge in [0.1, 0.15) is 5.69 Å². The molecule has 0 spiro atoms. The molecule has 0 bridgehead atoms. The van der Waals surface area contributed by atoms with E-state index in [1.807, 2.05) is 12.1 Å². The number of hydrogen-bond donors (Lipinski definition) is 1. The average molecular weight is 382 g/mol. The van der Waals surface area contributed by atoms with E-state index in [0.29, 0.717) is 32.1 Å². The molecule has 122 valence electrons. The molecule has 0 radical (unpaired) electrons. The van der Waals surface area contributed by atoms with Gasteiger partial charge in [-0.15, -0.1) is 0 Å². The Kier molecular flexibility index (Phi) is 5.09. The Bertz CT molecular complexity index is 856. The lowest BCUT2D eigenvalue weighted by Crippen LogP contribution is -2.22. The topological polar surface area (TPSA) is 55.1 Å². The van der Waals surface area contributed by atoms with E-state index in [1.165, 1.54) is 0 Å². The lowest BCUT2D eigenvalue weighted by atomic mass is 10.1. The van der Waals surface area contributed by atoms with Crippen molar-refractivity contribution in [3.05, 3.63) is 74.9 Å². The van der Waals surface area contributed by atoms with Gasteiger partial charge in [-0.05, 0) is 42.5 Å². The summed E-state index contributed by atoms with van der Waals surface area (Å²) in [5.41, 5.74) is 1.83. The van der Waals surface area contributed by atoms with Gasteiger partial charge in [0.15, 0.2) is 5.76 Å². The Balaban J connectivity index is 1.67. The Morgan fingerprint density at radius 3 is 2.29 bits per heavy atom. The molecular formula is C17H11Cl3N2O2. The van der Waals surface area contributed by atoms with Crippen molar-refractivity contribution in [3.8, 4) is 11.3 Å². The number of carbonyl (C=O) groups excluding carboxylic acids is 1. The van der Waals surface area contributed by atoms with Crippen molar-refractivity contribution >= 4 is 40.7 Å². The molecule has 1 N–H and O–H groups in total. The first-order valence-corrected chi connectivity index (χ1v) is 8.10. The van der Waals surface area contributed by atoms with Gasteiger partial charge in [0, 0.05) is 32.3 Å². The van der Waals surface area contributed by atoms with Gasteiger partial charge in [-0.3, -0.25) is 4.79 Å². The first-order valence-electron chi connectivity index (χ1n) is 6.97. The first-order chi connectivity index (χ1) is 11.5. The third-order valence-corrected chi connectivity index (χ3v) is 3.93. The standard InChI is InChI=1S/C17H11Cl3N2O2/c18-12-3-1-10(2-4-12)16-8-15(22-24-16)9-21-17(23)11-5-13(19)7-14(20)6-11/h1-8H,9H2,(H,21,23). The summed E-state index contributed by atoms with van der Waals surface area (Å²) in [6.07, 6.45) is 0. The Morgan fingerprint density at radius 2 is 1.62 bits per heavy atom. The zero-order chi connectivity index (χ0) is 17.1. The van der Waals surface area contributed by atoms with Crippen molar-refractivity contribution in [3.63, 3.8) is 0 Å². The number of benzene rings is 2. The van der Waals surface area contributed by atoms with Crippen LogP contribution in [0.15, 0.2) is 53.1 Å². The van der Waals surface area contributed by atoms with Gasteiger partial charge >= 0.3 is 0 Å². The molecule has 0 aliphatic carbocycles. The second kappa shape index (κ2) is 7.26. The summed E-state index contributed by atoms with van der Waals surface area (Å²) in [7, 11) is 0. The summed E-state index contributed by atoms with van der Waals surface area (Å²) in [5.74, 6) is 0.303. The number of halogens is 3. The summed E-state index contributed by atoms with van der Waals surface area (Å²) in [5, 5.41) is 8.13. The molecule has 0 fully saturated rings. The van der Waals surface area contributed by atoms with Gasteiger partial charge in [-0.1, -0.05) is 40.0 Å². The predicted octanol–water partition coefficient (Wildman–Crippen LogP) is 5.23. The van der Waals surface area contributed by atoms with E-state index in [1.54, 1.807) is 36.4 Å². The molecule has 0 aliphatic heterocycles. The fourth-order valence-corrected chi connectivity index (χ4v) is 2.76. The van der Waals surface area contributed by atoms with Crippen LogP contribution in [-0.4, -0.2) is 11.1 Å². The van der Waals surface area contributed by atoms with Crippen LogP contribution >= 0.6 is 34.8 Å². The highest BCUT2D eigenvalue weighted by Crippen LogP contribution is 2.22. The van der Waals surface area contributed by atoms with Crippen LogP contribution in [0.1, 0.15) is 16.1 Å². The molecule has 0 saturated carbocycles. The lowest BCUT2D eigenvalue weighted by molar-refractivity contribution is 0.0950. The molecule has 3 rings (SSSR count). The summed E-state index contributed by atoms with van der Waals surface area (Å²) >= 11 is 17.6. The molecule has 24 heavy (non-hydrogen) atoms. The summed E-state index contributed by atoms with van der Waals surface area (Å²) in [6.45, 7) is 0.222. The molecule has 2 aromatic carbocycles. The predicted molar refractivity (Wildman–Crippen MR) is 94.6 cm³/mol. The second-order valence-corrected chi connectivity index (χ2v) is 6.34. The monoisotopic (exact) mass is 380 g/mol. The number of nitrogens with zero attached hydrogens (tertiary/aromatic N) is 1. The highest BCUT2D eigenvalue weighted by atomic mass is 35.5. The van der Waals surface area contributed by atoms with Crippen molar-refractivity contribution in [2.45, 2.75) is 6.54 Å². The van der Waals surface area contributed by atoms with E-state index in [0.717, 1.165) is 5.56 Å². The molecule has 0 saturated heterocycles. The summed E-state index contributed by atoms with van der Waals surface area (Å²) < 4.78 is 5.28. The van der Waals surface area contributed by atoms with Crippen LogP contribution in [0.5, 0.6) is 0 Å². The van der Waals surface area contributed by atoms with E-state index >= 15 is 0 Å². The van der Waals surface area contributed by atoms with Crippen LogP contribution in [0.4, 0.5) is 0 Å². The maximum Gasteiger partial charge on any atom is 0.251 e. The van der Waals surface area contributed by atoms with Crippen LogP contribution in [0, 0.1) is 0 Å². The molecule has 0 aliphatic rings. The molecule has 1 amide bonds. The summed E-state index contributed by atoms with van der Waals surface area (Å²) in [4.78, 5) is 12.1. The van der Waals surface area contributed by atoms with E-state index in [4.69, 9.17) is 39.3 Å². The molecule has 1 aromatic heterocycles. The SMILES string of the molecule is O=C(NCc1cc(-c2ccc(Cl)cc2)on1)c1cc(Cl)cc(Cl)c1.